The molecule has 0 saturated carbocycles. The van der Waals surface area contributed by atoms with Crippen LogP contribution in [-0.2, 0) is 13.2 Å². The number of benzene rings is 3. The van der Waals surface area contributed by atoms with Crippen LogP contribution in [0.3, 0.4) is 0 Å². The van der Waals surface area contributed by atoms with E-state index in [-0.39, 0.29) is 36.1 Å². The van der Waals surface area contributed by atoms with Gasteiger partial charge in [-0.1, -0.05) is 60.7 Å². The van der Waals surface area contributed by atoms with Gasteiger partial charge < -0.3 is 19.3 Å². The molecule has 0 saturated heterocycles. The zero-order chi connectivity index (χ0) is 25.5. The van der Waals surface area contributed by atoms with E-state index < -0.39 is 23.6 Å². The number of nitrogens with zero attached hydrogens (tertiary/aromatic N) is 1. The highest BCUT2D eigenvalue weighted by atomic mass is 19.4. The van der Waals surface area contributed by atoms with Crippen LogP contribution in [0, 0.1) is 0 Å². The van der Waals surface area contributed by atoms with Gasteiger partial charge in [0.25, 0.3) is 0 Å². The van der Waals surface area contributed by atoms with Crippen molar-refractivity contribution in [2.24, 2.45) is 0 Å². The van der Waals surface area contributed by atoms with Crippen LogP contribution >= 0.6 is 0 Å². The van der Waals surface area contributed by atoms with Crippen molar-refractivity contribution < 1.29 is 37.3 Å². The summed E-state index contributed by atoms with van der Waals surface area (Å²) >= 11 is 0. The minimum atomic E-state index is -4.96. The molecule has 0 unspecified atom stereocenters. The number of ether oxygens (including phenoxy) is 3. The van der Waals surface area contributed by atoms with Crippen LogP contribution in [0.5, 0.6) is 17.5 Å². The Morgan fingerprint density at radius 2 is 1.36 bits per heavy atom. The van der Waals surface area contributed by atoms with Crippen molar-refractivity contribution >= 4 is 5.97 Å². The van der Waals surface area contributed by atoms with E-state index in [0.717, 1.165) is 23.3 Å². The van der Waals surface area contributed by atoms with E-state index in [1.807, 2.05) is 60.7 Å². The predicted molar refractivity (Wildman–Crippen MR) is 125 cm³/mol. The molecule has 184 valence electrons. The summed E-state index contributed by atoms with van der Waals surface area (Å²) in [6, 6.07) is 24.8. The minimum absolute atomic E-state index is 0.0661. The lowest BCUT2D eigenvalue weighted by Crippen LogP contribution is -2.17. The van der Waals surface area contributed by atoms with Crippen LogP contribution in [0.2, 0.25) is 0 Å². The second-order valence-electron chi connectivity index (χ2n) is 7.61. The molecule has 0 atom stereocenters. The molecule has 1 heterocycles. The topological polar surface area (TPSA) is 77.9 Å². The fraction of sp³-hybridized carbons (Fsp3) is 0.111. The van der Waals surface area contributed by atoms with Crippen molar-refractivity contribution in [3.05, 3.63) is 108 Å². The van der Waals surface area contributed by atoms with Gasteiger partial charge in [-0.25, -0.2) is 4.79 Å². The Morgan fingerprint density at radius 1 is 0.778 bits per heavy atom. The number of carboxylic acids is 1. The number of hydrogen-bond donors (Lipinski definition) is 1. The molecule has 0 radical (unpaired) electrons. The molecule has 0 spiro atoms. The summed E-state index contributed by atoms with van der Waals surface area (Å²) in [5, 5.41) is 9.69. The van der Waals surface area contributed by atoms with Crippen LogP contribution in [0.15, 0.2) is 91.0 Å². The summed E-state index contributed by atoms with van der Waals surface area (Å²) in [5.74, 6) is -1.78. The first-order chi connectivity index (χ1) is 17.3. The maximum atomic E-state index is 12.6. The molecular formula is C27H20F3NO5. The van der Waals surface area contributed by atoms with Gasteiger partial charge in [0.1, 0.15) is 19.0 Å². The summed E-state index contributed by atoms with van der Waals surface area (Å²) in [7, 11) is 0. The van der Waals surface area contributed by atoms with Crippen LogP contribution in [0.1, 0.15) is 21.5 Å². The molecule has 36 heavy (non-hydrogen) atoms. The first-order valence-electron chi connectivity index (χ1n) is 10.8. The standard InChI is InChI=1S/C27H20F3NO5/c28-27(29,30)36-20-11-12-21(23(15-20)26(32)33)22-13-14-24(34-16-18-7-3-1-4-8-18)31-25(22)35-17-19-9-5-2-6-10-19/h1-15H,16-17H2,(H,32,33). The van der Waals surface area contributed by atoms with Gasteiger partial charge in [0.15, 0.2) is 0 Å². The Labute approximate surface area is 204 Å². The number of halogens is 3. The largest absolute Gasteiger partial charge is 0.573 e. The summed E-state index contributed by atoms with van der Waals surface area (Å²) in [5.41, 5.74) is 1.74. The van der Waals surface area contributed by atoms with Gasteiger partial charge in [0.05, 0.1) is 5.56 Å². The maximum absolute atomic E-state index is 12.6. The number of hydrogen-bond acceptors (Lipinski definition) is 5. The number of carbonyl (C=O) groups is 1. The lowest BCUT2D eigenvalue weighted by atomic mass is 10.00. The van der Waals surface area contributed by atoms with Gasteiger partial charge in [-0.3, -0.25) is 0 Å². The van der Waals surface area contributed by atoms with Crippen molar-refractivity contribution in [2.75, 3.05) is 0 Å². The molecule has 0 aliphatic carbocycles. The Kier molecular flexibility index (Phi) is 7.39. The number of aromatic carboxylic acids is 1. The molecule has 1 aromatic heterocycles. The average molecular weight is 495 g/mol. The molecule has 3 aromatic carbocycles. The smallest absolute Gasteiger partial charge is 0.478 e. The zero-order valence-electron chi connectivity index (χ0n) is 18.7. The SMILES string of the molecule is O=C(O)c1cc(OC(F)(F)F)ccc1-c1ccc(OCc2ccccc2)nc1OCc1ccccc1. The number of rotatable bonds is 9. The first kappa shape index (κ1) is 24.6. The van der Waals surface area contributed by atoms with E-state index in [1.54, 1.807) is 12.1 Å². The molecule has 9 heteroatoms. The fourth-order valence-corrected chi connectivity index (χ4v) is 3.41. The van der Waals surface area contributed by atoms with Gasteiger partial charge in [-0.15, -0.1) is 13.2 Å². The van der Waals surface area contributed by atoms with Crippen molar-refractivity contribution in [3.8, 4) is 28.6 Å². The zero-order valence-corrected chi connectivity index (χ0v) is 18.7. The van der Waals surface area contributed by atoms with Crippen molar-refractivity contribution in [1.82, 2.24) is 4.98 Å². The maximum Gasteiger partial charge on any atom is 0.573 e. The van der Waals surface area contributed by atoms with Gasteiger partial charge in [-0.05, 0) is 35.4 Å². The molecule has 4 aromatic rings. The fourth-order valence-electron chi connectivity index (χ4n) is 3.41. The van der Waals surface area contributed by atoms with E-state index in [1.165, 1.54) is 6.07 Å². The highest BCUT2D eigenvalue weighted by Gasteiger charge is 2.32. The molecular weight excluding hydrogens is 475 g/mol. The second kappa shape index (κ2) is 10.8. The monoisotopic (exact) mass is 495 g/mol. The van der Waals surface area contributed by atoms with Crippen molar-refractivity contribution in [3.63, 3.8) is 0 Å². The van der Waals surface area contributed by atoms with Crippen LogP contribution in [-0.4, -0.2) is 22.4 Å². The van der Waals surface area contributed by atoms with Crippen LogP contribution in [0.25, 0.3) is 11.1 Å². The quantitative estimate of drug-likeness (QED) is 0.286. The third-order valence-electron chi connectivity index (χ3n) is 5.03. The lowest BCUT2D eigenvalue weighted by Gasteiger charge is -2.16. The molecule has 4 rings (SSSR count). The molecule has 0 aliphatic rings. The van der Waals surface area contributed by atoms with Gasteiger partial charge in [0, 0.05) is 17.2 Å². The summed E-state index contributed by atoms with van der Waals surface area (Å²) in [4.78, 5) is 16.3. The number of aromatic nitrogens is 1. The van der Waals surface area contributed by atoms with E-state index in [4.69, 9.17) is 9.47 Å². The number of pyridine rings is 1. The molecule has 0 bridgehead atoms. The van der Waals surface area contributed by atoms with E-state index >= 15 is 0 Å². The lowest BCUT2D eigenvalue weighted by molar-refractivity contribution is -0.274. The summed E-state index contributed by atoms with van der Waals surface area (Å²) in [6.45, 7) is 0.371. The van der Waals surface area contributed by atoms with Gasteiger partial charge >= 0.3 is 12.3 Å². The third kappa shape index (κ3) is 6.53. The molecule has 6 nitrogen and oxygen atoms in total. The molecule has 0 amide bonds. The highest BCUT2D eigenvalue weighted by Crippen LogP contribution is 2.36. The normalized spacial score (nSPS) is 11.1. The van der Waals surface area contributed by atoms with E-state index in [9.17, 15) is 23.1 Å². The Balaban J connectivity index is 1.69. The summed E-state index contributed by atoms with van der Waals surface area (Å²) in [6.07, 6.45) is -4.96. The molecule has 1 N–H and O–H groups in total. The molecule has 0 fully saturated rings. The predicted octanol–water partition coefficient (Wildman–Crippen LogP) is 6.50. The van der Waals surface area contributed by atoms with E-state index in [0.29, 0.717) is 0 Å². The van der Waals surface area contributed by atoms with E-state index in [2.05, 4.69) is 9.72 Å². The molecule has 0 aliphatic heterocycles. The van der Waals surface area contributed by atoms with Crippen LogP contribution < -0.4 is 14.2 Å². The number of carboxylic acid groups (broad SMARTS) is 1. The first-order valence-corrected chi connectivity index (χ1v) is 10.8. The summed E-state index contributed by atoms with van der Waals surface area (Å²) < 4.78 is 53.5. The highest BCUT2D eigenvalue weighted by molar-refractivity contribution is 5.97. The second-order valence-corrected chi connectivity index (χ2v) is 7.61. The van der Waals surface area contributed by atoms with Gasteiger partial charge in [-0.2, -0.15) is 4.98 Å². The third-order valence-corrected chi connectivity index (χ3v) is 5.03. The van der Waals surface area contributed by atoms with Crippen molar-refractivity contribution in [1.29, 1.82) is 0 Å². The Bertz CT molecular complexity index is 1330. The Morgan fingerprint density at radius 3 is 1.94 bits per heavy atom. The minimum Gasteiger partial charge on any atom is -0.478 e. The van der Waals surface area contributed by atoms with Crippen molar-refractivity contribution in [2.45, 2.75) is 19.6 Å². The Hall–Kier alpha value is -4.53. The van der Waals surface area contributed by atoms with Crippen LogP contribution in [0.4, 0.5) is 13.2 Å². The number of alkyl halides is 3. The average Bonchev–Trinajstić information content (AvgIpc) is 2.86. The van der Waals surface area contributed by atoms with Gasteiger partial charge in [0.2, 0.25) is 11.8 Å².